The molecule has 0 heterocycles. The van der Waals surface area contributed by atoms with E-state index in [2.05, 4.69) is 10.6 Å². The molecule has 1 aromatic carbocycles. The van der Waals surface area contributed by atoms with Crippen LogP contribution < -0.4 is 15.4 Å². The van der Waals surface area contributed by atoms with Gasteiger partial charge in [0.25, 0.3) is 0 Å². The minimum atomic E-state index is -0.488. The number of ether oxygens (including phenoxy) is 1. The van der Waals surface area contributed by atoms with Gasteiger partial charge in [0.1, 0.15) is 0 Å². The minimum Gasteiger partial charge on any atom is -0.490 e. The van der Waals surface area contributed by atoms with Crippen LogP contribution in [0.4, 0.5) is 11.4 Å². The van der Waals surface area contributed by atoms with E-state index in [4.69, 9.17) is 4.74 Å². The van der Waals surface area contributed by atoms with Gasteiger partial charge >= 0.3 is 5.69 Å². The number of amides is 1. The van der Waals surface area contributed by atoms with Crippen LogP contribution in [0.2, 0.25) is 0 Å². The van der Waals surface area contributed by atoms with E-state index in [-0.39, 0.29) is 23.3 Å². The molecule has 1 aliphatic carbocycles. The number of nitro groups is 1. The van der Waals surface area contributed by atoms with Gasteiger partial charge in [-0.3, -0.25) is 14.9 Å². The number of hydrogen-bond donors (Lipinski definition) is 2. The van der Waals surface area contributed by atoms with Crippen molar-refractivity contribution < 1.29 is 14.5 Å². The molecule has 2 rings (SSSR count). The van der Waals surface area contributed by atoms with Crippen molar-refractivity contribution in [1.82, 2.24) is 5.32 Å². The van der Waals surface area contributed by atoms with E-state index in [0.29, 0.717) is 18.8 Å². The number of nitrogens with zero attached hydrogens (tertiary/aromatic N) is 1. The van der Waals surface area contributed by atoms with Crippen LogP contribution in [0.25, 0.3) is 0 Å². The van der Waals surface area contributed by atoms with Crippen molar-refractivity contribution in [3.63, 3.8) is 0 Å². The minimum absolute atomic E-state index is 0.0694. The molecule has 0 radical (unpaired) electrons. The summed E-state index contributed by atoms with van der Waals surface area (Å²) in [5.74, 6) is 0.518. The second kappa shape index (κ2) is 6.23. The third-order valence-electron chi connectivity index (χ3n) is 3.08. The highest BCUT2D eigenvalue weighted by atomic mass is 16.6. The first-order valence-corrected chi connectivity index (χ1v) is 6.46. The maximum absolute atomic E-state index is 11.4. The SMILES string of the molecule is COc1cc(NCCNC(=O)C2CC2)ccc1[N+](=O)[O-]. The number of nitrogens with one attached hydrogen (secondary N) is 2. The van der Waals surface area contributed by atoms with E-state index in [1.54, 1.807) is 12.1 Å². The molecule has 1 saturated carbocycles. The number of methoxy groups -OCH3 is 1. The number of anilines is 1. The Balaban J connectivity index is 1.83. The number of nitro benzene ring substituents is 1. The lowest BCUT2D eigenvalue weighted by Gasteiger charge is -2.09. The Morgan fingerprint density at radius 3 is 2.80 bits per heavy atom. The number of benzene rings is 1. The van der Waals surface area contributed by atoms with Gasteiger partial charge in [0.05, 0.1) is 12.0 Å². The van der Waals surface area contributed by atoms with Gasteiger partial charge in [0, 0.05) is 36.8 Å². The summed E-state index contributed by atoms with van der Waals surface area (Å²) in [7, 11) is 1.39. The fourth-order valence-corrected chi connectivity index (χ4v) is 1.82. The number of hydrogen-bond acceptors (Lipinski definition) is 5. The third-order valence-corrected chi connectivity index (χ3v) is 3.08. The fraction of sp³-hybridized carbons (Fsp3) is 0.462. The molecule has 0 saturated heterocycles. The van der Waals surface area contributed by atoms with Crippen molar-refractivity contribution in [2.45, 2.75) is 12.8 Å². The van der Waals surface area contributed by atoms with Crippen LogP contribution in [0, 0.1) is 16.0 Å². The second-order valence-electron chi connectivity index (χ2n) is 4.64. The maximum Gasteiger partial charge on any atom is 0.311 e. The Hall–Kier alpha value is -2.31. The quantitative estimate of drug-likeness (QED) is 0.448. The zero-order valence-corrected chi connectivity index (χ0v) is 11.2. The van der Waals surface area contributed by atoms with Crippen LogP contribution in [0.5, 0.6) is 5.75 Å². The summed E-state index contributed by atoms with van der Waals surface area (Å²) >= 11 is 0. The molecule has 1 amide bonds. The summed E-state index contributed by atoms with van der Waals surface area (Å²) in [5.41, 5.74) is 0.646. The van der Waals surface area contributed by atoms with Gasteiger partial charge in [-0.2, -0.15) is 0 Å². The van der Waals surface area contributed by atoms with Crippen LogP contribution in [0.3, 0.4) is 0 Å². The first kappa shape index (κ1) is 14.1. The highest BCUT2D eigenvalue weighted by molar-refractivity contribution is 5.80. The predicted molar refractivity (Wildman–Crippen MR) is 73.9 cm³/mol. The van der Waals surface area contributed by atoms with E-state index < -0.39 is 4.92 Å². The standard InChI is InChI=1S/C13H17N3O4/c1-20-12-8-10(4-5-11(12)16(18)19)14-6-7-15-13(17)9-2-3-9/h4-5,8-9,14H,2-3,6-7H2,1H3,(H,15,17). The summed E-state index contributed by atoms with van der Waals surface area (Å²) in [5, 5.41) is 16.7. The smallest absolute Gasteiger partial charge is 0.311 e. The summed E-state index contributed by atoms with van der Waals surface area (Å²) < 4.78 is 4.98. The first-order valence-electron chi connectivity index (χ1n) is 6.46. The number of carbonyl (C=O) groups excluding carboxylic acids is 1. The third kappa shape index (κ3) is 3.59. The van der Waals surface area contributed by atoms with Crippen LogP contribution in [-0.2, 0) is 4.79 Å². The molecule has 0 atom stereocenters. The summed E-state index contributed by atoms with van der Waals surface area (Å²) in [4.78, 5) is 21.7. The molecule has 0 unspecified atom stereocenters. The molecule has 2 N–H and O–H groups in total. The van der Waals surface area contributed by atoms with Gasteiger partial charge in [0.15, 0.2) is 5.75 Å². The largest absolute Gasteiger partial charge is 0.490 e. The summed E-state index contributed by atoms with van der Waals surface area (Å²) in [6, 6.07) is 4.58. The highest BCUT2D eigenvalue weighted by Crippen LogP contribution is 2.30. The lowest BCUT2D eigenvalue weighted by Crippen LogP contribution is -2.29. The van der Waals surface area contributed by atoms with E-state index >= 15 is 0 Å². The maximum atomic E-state index is 11.4. The zero-order valence-electron chi connectivity index (χ0n) is 11.2. The molecule has 0 aromatic heterocycles. The van der Waals surface area contributed by atoms with Crippen LogP contribution >= 0.6 is 0 Å². The average molecular weight is 279 g/mol. The first-order chi connectivity index (χ1) is 9.61. The number of rotatable bonds is 7. The zero-order chi connectivity index (χ0) is 14.5. The molecule has 1 aliphatic rings. The summed E-state index contributed by atoms with van der Waals surface area (Å²) in [6.07, 6.45) is 1.97. The normalized spacial score (nSPS) is 13.7. The lowest BCUT2D eigenvalue weighted by molar-refractivity contribution is -0.385. The van der Waals surface area contributed by atoms with Gasteiger partial charge in [-0.25, -0.2) is 0 Å². The molecule has 1 aromatic rings. The monoisotopic (exact) mass is 279 g/mol. The Morgan fingerprint density at radius 1 is 1.45 bits per heavy atom. The molecule has 1 fully saturated rings. The van der Waals surface area contributed by atoms with Crippen LogP contribution in [0.15, 0.2) is 18.2 Å². The second-order valence-corrected chi connectivity index (χ2v) is 4.64. The highest BCUT2D eigenvalue weighted by Gasteiger charge is 2.28. The Kier molecular flexibility index (Phi) is 4.39. The van der Waals surface area contributed by atoms with Gasteiger partial charge in [0.2, 0.25) is 5.91 Å². The molecule has 20 heavy (non-hydrogen) atoms. The molecule has 108 valence electrons. The van der Waals surface area contributed by atoms with E-state index in [9.17, 15) is 14.9 Å². The fourth-order valence-electron chi connectivity index (χ4n) is 1.82. The molecule has 0 bridgehead atoms. The van der Waals surface area contributed by atoms with Crippen molar-refractivity contribution in [3.05, 3.63) is 28.3 Å². The average Bonchev–Trinajstić information content (AvgIpc) is 3.27. The van der Waals surface area contributed by atoms with Crippen molar-refractivity contribution >= 4 is 17.3 Å². The van der Waals surface area contributed by atoms with Gasteiger partial charge in [-0.1, -0.05) is 0 Å². The molecule has 7 heteroatoms. The predicted octanol–water partition coefficient (Wildman–Crippen LogP) is 1.54. The van der Waals surface area contributed by atoms with Crippen LogP contribution in [-0.4, -0.2) is 31.0 Å². The van der Waals surface area contributed by atoms with Crippen molar-refractivity contribution in [3.8, 4) is 5.75 Å². The topological polar surface area (TPSA) is 93.5 Å². The van der Waals surface area contributed by atoms with E-state index in [1.807, 2.05) is 0 Å². The van der Waals surface area contributed by atoms with Crippen molar-refractivity contribution in [1.29, 1.82) is 0 Å². The van der Waals surface area contributed by atoms with Crippen molar-refractivity contribution in [2.24, 2.45) is 5.92 Å². The van der Waals surface area contributed by atoms with Crippen molar-refractivity contribution in [2.75, 3.05) is 25.5 Å². The molecule has 0 spiro atoms. The molecule has 0 aliphatic heterocycles. The lowest BCUT2D eigenvalue weighted by atomic mass is 10.2. The molecular formula is C13H17N3O4. The van der Waals surface area contributed by atoms with Gasteiger partial charge in [-0.15, -0.1) is 0 Å². The van der Waals surface area contributed by atoms with Gasteiger partial charge < -0.3 is 15.4 Å². The molecule has 7 nitrogen and oxygen atoms in total. The molecular weight excluding hydrogens is 262 g/mol. The van der Waals surface area contributed by atoms with Gasteiger partial charge in [-0.05, 0) is 18.9 Å². The van der Waals surface area contributed by atoms with E-state index in [0.717, 1.165) is 12.8 Å². The number of carbonyl (C=O) groups is 1. The summed E-state index contributed by atoms with van der Waals surface area (Å²) in [6.45, 7) is 1.08. The Bertz CT molecular complexity index is 514. The Morgan fingerprint density at radius 2 is 2.20 bits per heavy atom. The Labute approximate surface area is 116 Å². The van der Waals surface area contributed by atoms with Crippen LogP contribution in [0.1, 0.15) is 12.8 Å². The van der Waals surface area contributed by atoms with E-state index in [1.165, 1.54) is 13.2 Å².